The van der Waals surface area contributed by atoms with E-state index in [0.29, 0.717) is 25.7 Å². The summed E-state index contributed by atoms with van der Waals surface area (Å²) >= 11 is 0. The molecule has 0 saturated carbocycles. The largest absolute Gasteiger partial charge is 0.465 e. The number of carbonyl (C=O) groups is 4. The maximum atomic E-state index is 12.8. The summed E-state index contributed by atoms with van der Waals surface area (Å²) in [7, 11) is 0. The molecule has 2 N–H and O–H groups in total. The van der Waals surface area contributed by atoms with E-state index >= 15 is 0 Å². The fourth-order valence-corrected chi connectivity index (χ4v) is 7.14. The number of esters is 4. The normalized spacial score (nSPS) is 11.8. The van der Waals surface area contributed by atoms with E-state index in [1.807, 2.05) is 0 Å². The van der Waals surface area contributed by atoms with Crippen LogP contribution in [0.4, 0.5) is 0 Å². The van der Waals surface area contributed by atoms with Crippen molar-refractivity contribution in [3.8, 4) is 0 Å². The van der Waals surface area contributed by atoms with Crippen molar-refractivity contribution in [2.24, 2.45) is 10.8 Å². The number of aliphatic hydroxyl groups excluding tert-OH is 2. The fraction of sp³-hybridized carbons (Fsp3) is 0.920. The summed E-state index contributed by atoms with van der Waals surface area (Å²) in [6.45, 7) is 6.36. The molecule has 0 aliphatic heterocycles. The number of ether oxygens (including phenoxy) is 5. The smallest absolute Gasteiger partial charge is 0.305 e. The van der Waals surface area contributed by atoms with Crippen molar-refractivity contribution in [1.29, 1.82) is 0 Å². The maximum Gasteiger partial charge on any atom is 0.305 e. The molecule has 0 aliphatic carbocycles. The van der Waals surface area contributed by atoms with E-state index in [1.54, 1.807) is 0 Å². The Kier molecular flexibility index (Phi) is 40.2. The van der Waals surface area contributed by atoms with Gasteiger partial charge in [-0.05, 0) is 25.7 Å². The number of hydrogen-bond acceptors (Lipinski definition) is 11. The Bertz CT molecular complexity index is 901. The number of unbranched alkanes of at least 4 members (excludes halogenated alkanes) is 24. The Labute approximate surface area is 372 Å². The number of carbonyl (C=O) groups excluding carboxylic acids is 4. The van der Waals surface area contributed by atoms with E-state index in [-0.39, 0.29) is 65.3 Å². The molecule has 0 heterocycles. The molecule has 0 aromatic rings. The third-order valence-electron chi connectivity index (χ3n) is 11.6. The average molecular weight is 871 g/mol. The van der Waals surface area contributed by atoms with Crippen molar-refractivity contribution in [3.63, 3.8) is 0 Å². The second kappa shape index (κ2) is 41.8. The van der Waals surface area contributed by atoms with Crippen LogP contribution < -0.4 is 0 Å². The van der Waals surface area contributed by atoms with Crippen molar-refractivity contribution in [3.05, 3.63) is 0 Å². The van der Waals surface area contributed by atoms with Gasteiger partial charge >= 0.3 is 23.9 Å². The molecule has 11 heteroatoms. The lowest BCUT2D eigenvalue weighted by molar-refractivity contribution is -0.168. The van der Waals surface area contributed by atoms with Crippen LogP contribution in [0.2, 0.25) is 0 Å². The number of hydrogen-bond donors (Lipinski definition) is 2. The number of aliphatic hydroxyl groups is 2. The summed E-state index contributed by atoms with van der Waals surface area (Å²) in [5, 5.41) is 21.5. The molecule has 0 aromatic carbocycles. The minimum absolute atomic E-state index is 0.196. The van der Waals surface area contributed by atoms with Crippen LogP contribution >= 0.6 is 0 Å². The quantitative estimate of drug-likeness (QED) is 0.0341. The standard InChI is InChI=1S/C50H94O11/c1-5-9-13-17-21-25-29-33-45(53)58-41-49(37-51,42-59-46(54)34-30-26-22-18-14-10-6-2)39-57-40-50(38-52,43-60-47(55)35-31-27-23-19-15-11-7-3)44-61-48(56)36-32-28-24-20-16-12-8-4/h51-52H,5-44H2,1-4H3. The van der Waals surface area contributed by atoms with Gasteiger partial charge in [0.2, 0.25) is 0 Å². The van der Waals surface area contributed by atoms with E-state index in [2.05, 4.69) is 27.7 Å². The summed E-state index contributed by atoms with van der Waals surface area (Å²) in [6, 6.07) is 0. The highest BCUT2D eigenvalue weighted by Crippen LogP contribution is 2.25. The molecule has 0 amide bonds. The molecular formula is C50H94O11. The highest BCUT2D eigenvalue weighted by molar-refractivity contribution is 5.70. The Morgan fingerprint density at radius 3 is 0.705 bits per heavy atom. The van der Waals surface area contributed by atoms with Crippen molar-refractivity contribution < 1.29 is 53.1 Å². The van der Waals surface area contributed by atoms with E-state index in [1.165, 1.54) is 77.0 Å². The lowest BCUT2D eigenvalue weighted by Crippen LogP contribution is -2.46. The summed E-state index contributed by atoms with van der Waals surface area (Å²) in [5.41, 5.74) is -2.57. The van der Waals surface area contributed by atoms with E-state index < -0.39 is 47.9 Å². The van der Waals surface area contributed by atoms with Crippen molar-refractivity contribution in [2.75, 3.05) is 52.9 Å². The van der Waals surface area contributed by atoms with Gasteiger partial charge in [0.1, 0.15) is 26.4 Å². The number of rotatable bonds is 46. The summed E-state index contributed by atoms with van der Waals surface area (Å²) in [4.78, 5) is 51.4. The predicted octanol–water partition coefficient (Wildman–Crippen LogP) is 11.7. The summed E-state index contributed by atoms with van der Waals surface area (Å²) in [6.07, 6.45) is 30.7. The molecule has 0 rings (SSSR count). The highest BCUT2D eigenvalue weighted by atomic mass is 16.6. The van der Waals surface area contributed by atoms with Crippen LogP contribution in [-0.4, -0.2) is 86.9 Å². The third kappa shape index (κ3) is 34.9. The molecule has 0 unspecified atom stereocenters. The minimum Gasteiger partial charge on any atom is -0.465 e. The molecule has 0 saturated heterocycles. The van der Waals surface area contributed by atoms with Gasteiger partial charge in [0.05, 0.1) is 37.3 Å². The van der Waals surface area contributed by atoms with Gasteiger partial charge in [-0.2, -0.15) is 0 Å². The first kappa shape index (κ1) is 58.8. The zero-order chi connectivity index (χ0) is 45.1. The van der Waals surface area contributed by atoms with Crippen LogP contribution in [-0.2, 0) is 42.9 Å². The van der Waals surface area contributed by atoms with Gasteiger partial charge in [-0.3, -0.25) is 19.2 Å². The van der Waals surface area contributed by atoms with Gasteiger partial charge in [0.25, 0.3) is 0 Å². The molecule has 0 atom stereocenters. The molecule has 0 radical (unpaired) electrons. The minimum atomic E-state index is -1.28. The highest BCUT2D eigenvalue weighted by Gasteiger charge is 2.38. The van der Waals surface area contributed by atoms with Gasteiger partial charge in [-0.1, -0.05) is 182 Å². The Morgan fingerprint density at radius 2 is 0.508 bits per heavy atom. The Morgan fingerprint density at radius 1 is 0.311 bits per heavy atom. The maximum absolute atomic E-state index is 12.8. The molecule has 0 fully saturated rings. The third-order valence-corrected chi connectivity index (χ3v) is 11.6. The second-order valence-electron chi connectivity index (χ2n) is 17.9. The van der Waals surface area contributed by atoms with Crippen LogP contribution in [0, 0.1) is 10.8 Å². The molecule has 0 spiro atoms. The van der Waals surface area contributed by atoms with Crippen LogP contribution in [0.25, 0.3) is 0 Å². The van der Waals surface area contributed by atoms with Gasteiger partial charge in [-0.15, -0.1) is 0 Å². The topological polar surface area (TPSA) is 155 Å². The predicted molar refractivity (Wildman–Crippen MR) is 244 cm³/mol. The van der Waals surface area contributed by atoms with Crippen LogP contribution in [0.1, 0.15) is 233 Å². The molecular weight excluding hydrogens is 777 g/mol. The molecule has 360 valence electrons. The van der Waals surface area contributed by atoms with Gasteiger partial charge < -0.3 is 33.9 Å². The Hall–Kier alpha value is -2.24. The zero-order valence-electron chi connectivity index (χ0n) is 39.9. The van der Waals surface area contributed by atoms with Gasteiger partial charge in [0, 0.05) is 25.7 Å². The first-order valence-electron chi connectivity index (χ1n) is 25.1. The van der Waals surface area contributed by atoms with Crippen LogP contribution in [0.15, 0.2) is 0 Å². The zero-order valence-corrected chi connectivity index (χ0v) is 39.9. The van der Waals surface area contributed by atoms with Crippen molar-refractivity contribution >= 4 is 23.9 Å². The van der Waals surface area contributed by atoms with E-state index in [9.17, 15) is 29.4 Å². The fourth-order valence-electron chi connectivity index (χ4n) is 7.14. The second-order valence-corrected chi connectivity index (χ2v) is 17.9. The van der Waals surface area contributed by atoms with Gasteiger partial charge in [0.15, 0.2) is 0 Å². The van der Waals surface area contributed by atoms with Gasteiger partial charge in [-0.25, -0.2) is 0 Å². The lowest BCUT2D eigenvalue weighted by atomic mass is 9.90. The van der Waals surface area contributed by atoms with Crippen molar-refractivity contribution in [2.45, 2.75) is 233 Å². The lowest BCUT2D eigenvalue weighted by Gasteiger charge is -2.34. The molecule has 0 aliphatic rings. The van der Waals surface area contributed by atoms with E-state index in [0.717, 1.165) is 77.0 Å². The van der Waals surface area contributed by atoms with Crippen LogP contribution in [0.3, 0.4) is 0 Å². The summed E-state index contributed by atoms with van der Waals surface area (Å²) in [5.74, 6) is -1.59. The molecule has 11 nitrogen and oxygen atoms in total. The SMILES string of the molecule is CCCCCCCCCC(=O)OCC(CO)(COCC(CO)(COC(=O)CCCCCCCCC)COC(=O)CCCCCCCCC)COC(=O)CCCCCCCCC. The first-order chi connectivity index (χ1) is 29.6. The summed E-state index contributed by atoms with van der Waals surface area (Å²) < 4.78 is 28.9. The van der Waals surface area contributed by atoms with E-state index in [4.69, 9.17) is 23.7 Å². The molecule has 61 heavy (non-hydrogen) atoms. The Balaban J connectivity index is 5.69. The average Bonchev–Trinajstić information content (AvgIpc) is 3.26. The molecule has 0 aromatic heterocycles. The molecule has 0 bridgehead atoms. The first-order valence-corrected chi connectivity index (χ1v) is 25.1. The van der Waals surface area contributed by atoms with Crippen molar-refractivity contribution in [1.82, 2.24) is 0 Å². The monoisotopic (exact) mass is 871 g/mol. The van der Waals surface area contributed by atoms with Crippen LogP contribution in [0.5, 0.6) is 0 Å².